The van der Waals surface area contributed by atoms with E-state index in [9.17, 15) is 9.50 Å². The molecule has 0 radical (unpaired) electrons. The number of aromatic nitrogens is 2. The van der Waals surface area contributed by atoms with Gasteiger partial charge in [-0.3, -0.25) is 0 Å². The van der Waals surface area contributed by atoms with E-state index in [0.29, 0.717) is 28.1 Å². The lowest BCUT2D eigenvalue weighted by Crippen LogP contribution is -2.20. The zero-order chi connectivity index (χ0) is 17.1. The lowest BCUT2D eigenvalue weighted by molar-refractivity contribution is 0.477. The summed E-state index contributed by atoms with van der Waals surface area (Å²) in [4.78, 5) is 11.1. The molecular formula is C19H20FN3O. The Labute approximate surface area is 140 Å². The molecule has 124 valence electrons. The van der Waals surface area contributed by atoms with E-state index in [1.807, 2.05) is 18.0 Å². The van der Waals surface area contributed by atoms with Gasteiger partial charge in [-0.15, -0.1) is 0 Å². The van der Waals surface area contributed by atoms with Crippen LogP contribution in [0.5, 0.6) is 5.75 Å². The van der Waals surface area contributed by atoms with Gasteiger partial charge >= 0.3 is 0 Å². The zero-order valence-electron chi connectivity index (χ0n) is 13.8. The van der Waals surface area contributed by atoms with Crippen LogP contribution in [0.2, 0.25) is 0 Å². The maximum atomic E-state index is 13.7. The lowest BCUT2D eigenvalue weighted by atomic mass is 10.1. The highest BCUT2D eigenvalue weighted by atomic mass is 19.1. The second-order valence-corrected chi connectivity index (χ2v) is 5.82. The molecule has 0 atom stereocenters. The molecule has 0 aliphatic rings. The zero-order valence-corrected chi connectivity index (χ0v) is 13.8. The first-order valence-electron chi connectivity index (χ1n) is 8.07. The van der Waals surface area contributed by atoms with Crippen LogP contribution in [0.1, 0.15) is 19.8 Å². The van der Waals surface area contributed by atoms with E-state index in [2.05, 4.69) is 16.9 Å². The van der Waals surface area contributed by atoms with Gasteiger partial charge in [0.05, 0.1) is 11.1 Å². The first-order chi connectivity index (χ1) is 11.6. The summed E-state index contributed by atoms with van der Waals surface area (Å²) >= 11 is 0. The summed E-state index contributed by atoms with van der Waals surface area (Å²) in [6.07, 6.45) is 2.08. The third-order valence-corrected chi connectivity index (χ3v) is 3.99. The number of hydrogen-bond donors (Lipinski definition) is 1. The highest BCUT2D eigenvalue weighted by molar-refractivity contribution is 5.91. The predicted octanol–water partition coefficient (Wildman–Crippen LogP) is 4.38. The number of rotatable bonds is 5. The fraction of sp³-hybridized carbons (Fsp3) is 0.263. The van der Waals surface area contributed by atoms with Crippen molar-refractivity contribution in [2.45, 2.75) is 19.8 Å². The Hall–Kier alpha value is -2.69. The van der Waals surface area contributed by atoms with Crippen molar-refractivity contribution in [2.75, 3.05) is 18.5 Å². The first-order valence-corrected chi connectivity index (χ1v) is 8.07. The number of phenols is 1. The Morgan fingerprint density at radius 1 is 1.12 bits per heavy atom. The molecular weight excluding hydrogens is 305 g/mol. The van der Waals surface area contributed by atoms with Gasteiger partial charge in [0.2, 0.25) is 0 Å². The number of nitrogens with zero attached hydrogens (tertiary/aromatic N) is 3. The van der Waals surface area contributed by atoms with Crippen molar-refractivity contribution in [2.24, 2.45) is 0 Å². The highest BCUT2D eigenvalue weighted by Crippen LogP contribution is 2.31. The molecule has 4 nitrogen and oxygen atoms in total. The molecule has 2 aromatic carbocycles. The molecule has 0 bridgehead atoms. The van der Waals surface area contributed by atoms with Crippen molar-refractivity contribution >= 4 is 16.7 Å². The average Bonchev–Trinajstić information content (AvgIpc) is 2.59. The third kappa shape index (κ3) is 3.15. The van der Waals surface area contributed by atoms with Crippen molar-refractivity contribution in [3.05, 3.63) is 48.3 Å². The summed E-state index contributed by atoms with van der Waals surface area (Å²) in [5.74, 6) is 0.921. The smallest absolute Gasteiger partial charge is 0.165 e. The molecule has 0 saturated heterocycles. The molecule has 24 heavy (non-hydrogen) atoms. The SMILES string of the molecule is CCCCN(C)c1nc(-c2ccccc2O)nc2ccc(F)cc12. The highest BCUT2D eigenvalue weighted by Gasteiger charge is 2.15. The summed E-state index contributed by atoms with van der Waals surface area (Å²) in [5, 5.41) is 10.8. The van der Waals surface area contributed by atoms with Crippen LogP contribution in [-0.4, -0.2) is 28.7 Å². The third-order valence-electron chi connectivity index (χ3n) is 3.99. The van der Waals surface area contributed by atoms with E-state index < -0.39 is 0 Å². The summed E-state index contributed by atoms with van der Waals surface area (Å²) in [6, 6.07) is 11.5. The van der Waals surface area contributed by atoms with Crippen LogP contribution < -0.4 is 4.90 Å². The molecule has 0 fully saturated rings. The van der Waals surface area contributed by atoms with Crippen molar-refractivity contribution in [3.8, 4) is 17.1 Å². The van der Waals surface area contributed by atoms with Crippen molar-refractivity contribution in [1.29, 1.82) is 0 Å². The van der Waals surface area contributed by atoms with Gasteiger partial charge in [0.25, 0.3) is 0 Å². The van der Waals surface area contributed by atoms with Gasteiger partial charge < -0.3 is 10.0 Å². The number of aromatic hydroxyl groups is 1. The molecule has 1 heterocycles. The Bertz CT molecular complexity index is 866. The molecule has 0 amide bonds. The Kier molecular flexibility index (Phi) is 4.60. The number of hydrogen-bond acceptors (Lipinski definition) is 4. The van der Waals surface area contributed by atoms with E-state index in [1.54, 1.807) is 24.3 Å². The Balaban J connectivity index is 2.19. The van der Waals surface area contributed by atoms with Crippen LogP contribution in [0.3, 0.4) is 0 Å². The van der Waals surface area contributed by atoms with E-state index in [1.165, 1.54) is 12.1 Å². The van der Waals surface area contributed by atoms with Crippen LogP contribution in [0, 0.1) is 5.82 Å². The lowest BCUT2D eigenvalue weighted by Gasteiger charge is -2.20. The topological polar surface area (TPSA) is 49.2 Å². The molecule has 3 aromatic rings. The average molecular weight is 325 g/mol. The number of phenolic OH excluding ortho intramolecular Hbond substituents is 1. The molecule has 1 N–H and O–H groups in total. The van der Waals surface area contributed by atoms with Crippen LogP contribution in [0.4, 0.5) is 10.2 Å². The molecule has 5 heteroatoms. The largest absolute Gasteiger partial charge is 0.507 e. The van der Waals surface area contributed by atoms with E-state index >= 15 is 0 Å². The fourth-order valence-electron chi connectivity index (χ4n) is 2.66. The second kappa shape index (κ2) is 6.83. The quantitative estimate of drug-likeness (QED) is 0.756. The van der Waals surface area contributed by atoms with Crippen molar-refractivity contribution < 1.29 is 9.50 Å². The number of unbranched alkanes of at least 4 members (excludes halogenated alkanes) is 1. The number of halogens is 1. The number of para-hydroxylation sites is 1. The Morgan fingerprint density at radius 2 is 1.92 bits per heavy atom. The van der Waals surface area contributed by atoms with Gasteiger partial charge in [0.1, 0.15) is 17.4 Å². The molecule has 0 spiro atoms. The van der Waals surface area contributed by atoms with Crippen LogP contribution in [0.25, 0.3) is 22.3 Å². The standard InChI is InChI=1S/C19H20FN3O/c1-3-4-11-23(2)19-15-12-13(20)9-10-16(15)21-18(22-19)14-7-5-6-8-17(14)24/h5-10,12,24H,3-4,11H2,1-2H3. The normalized spacial score (nSPS) is 11.0. The molecule has 1 aromatic heterocycles. The maximum Gasteiger partial charge on any atom is 0.165 e. The van der Waals surface area contributed by atoms with Crippen molar-refractivity contribution in [1.82, 2.24) is 9.97 Å². The monoisotopic (exact) mass is 325 g/mol. The second-order valence-electron chi connectivity index (χ2n) is 5.82. The van der Waals surface area contributed by atoms with Gasteiger partial charge in [-0.05, 0) is 36.8 Å². The van der Waals surface area contributed by atoms with Gasteiger partial charge in [-0.2, -0.15) is 0 Å². The number of fused-ring (bicyclic) bond motifs is 1. The predicted molar refractivity (Wildman–Crippen MR) is 94.8 cm³/mol. The van der Waals surface area contributed by atoms with Crippen LogP contribution in [0.15, 0.2) is 42.5 Å². The molecule has 0 unspecified atom stereocenters. The Morgan fingerprint density at radius 3 is 2.67 bits per heavy atom. The fourth-order valence-corrected chi connectivity index (χ4v) is 2.66. The maximum absolute atomic E-state index is 13.7. The van der Waals surface area contributed by atoms with Gasteiger partial charge in [0, 0.05) is 19.0 Å². The summed E-state index contributed by atoms with van der Waals surface area (Å²) in [6.45, 7) is 2.94. The minimum absolute atomic E-state index is 0.126. The van der Waals surface area contributed by atoms with Crippen molar-refractivity contribution in [3.63, 3.8) is 0 Å². The summed E-state index contributed by atoms with van der Waals surface area (Å²) in [5.41, 5.74) is 1.22. The van der Waals surface area contributed by atoms with E-state index in [0.717, 1.165) is 19.4 Å². The number of benzene rings is 2. The molecule has 0 aliphatic carbocycles. The molecule has 0 aliphatic heterocycles. The summed E-state index contributed by atoms with van der Waals surface area (Å²) in [7, 11) is 1.94. The first kappa shape index (κ1) is 16.2. The molecule has 0 saturated carbocycles. The van der Waals surface area contributed by atoms with E-state index in [4.69, 9.17) is 0 Å². The van der Waals surface area contributed by atoms with Gasteiger partial charge in [0.15, 0.2) is 5.82 Å². The summed E-state index contributed by atoms with van der Waals surface area (Å²) < 4.78 is 13.7. The van der Waals surface area contributed by atoms with Crippen LogP contribution in [-0.2, 0) is 0 Å². The minimum Gasteiger partial charge on any atom is -0.507 e. The van der Waals surface area contributed by atoms with Gasteiger partial charge in [-0.1, -0.05) is 25.5 Å². The van der Waals surface area contributed by atoms with Gasteiger partial charge in [-0.25, -0.2) is 14.4 Å². The molecule has 3 rings (SSSR count). The van der Waals surface area contributed by atoms with Crippen LogP contribution >= 0.6 is 0 Å². The van der Waals surface area contributed by atoms with E-state index in [-0.39, 0.29) is 11.6 Å². The number of anilines is 1. The minimum atomic E-state index is -0.313.